The van der Waals surface area contributed by atoms with Crippen LogP contribution in [0.25, 0.3) is 0 Å². The predicted octanol–water partition coefficient (Wildman–Crippen LogP) is 0.572. The normalized spacial score (nSPS) is 10.1. The Morgan fingerprint density at radius 3 is 2.59 bits per heavy atom. The number of carbonyl (C=O) groups is 2. The van der Waals surface area contributed by atoms with Crippen molar-refractivity contribution < 1.29 is 18.7 Å². The maximum Gasteiger partial charge on any atom is 0.276 e. The van der Waals surface area contributed by atoms with Gasteiger partial charge in [0.05, 0.1) is 13.5 Å². The lowest BCUT2D eigenvalue weighted by Crippen LogP contribution is -2.42. The van der Waals surface area contributed by atoms with Crippen molar-refractivity contribution in [2.45, 2.75) is 6.42 Å². The van der Waals surface area contributed by atoms with Crippen molar-refractivity contribution >= 4 is 11.8 Å². The van der Waals surface area contributed by atoms with Crippen LogP contribution in [0.4, 0.5) is 4.39 Å². The van der Waals surface area contributed by atoms with Gasteiger partial charge in [0.25, 0.3) is 5.91 Å². The number of carbonyl (C=O) groups excluding carboxylic acids is 2. The van der Waals surface area contributed by atoms with E-state index in [2.05, 4.69) is 16.0 Å². The number of rotatable bonds is 4. The number of nitrogens with one attached hydrogen (secondary N) is 2. The van der Waals surface area contributed by atoms with Crippen molar-refractivity contribution in [2.75, 3.05) is 7.11 Å². The summed E-state index contributed by atoms with van der Waals surface area (Å²) < 4.78 is 19.1. The number of hydrogen-bond donors (Lipinski definition) is 2. The number of aryl methyl sites for hydroxylation is 1. The van der Waals surface area contributed by atoms with E-state index in [-0.39, 0.29) is 23.7 Å². The molecule has 22 heavy (non-hydrogen) atoms. The minimum absolute atomic E-state index is 0.0186. The topological polar surface area (TPSA) is 85.2 Å². The molecule has 1 heterocycles. The van der Waals surface area contributed by atoms with Crippen molar-refractivity contribution in [3.05, 3.63) is 47.4 Å². The first kappa shape index (κ1) is 15.5. The molecule has 0 aliphatic heterocycles. The van der Waals surface area contributed by atoms with Gasteiger partial charge in [0.2, 0.25) is 11.8 Å². The van der Waals surface area contributed by atoms with E-state index in [0.29, 0.717) is 5.56 Å². The number of halogens is 1. The zero-order chi connectivity index (χ0) is 16.1. The molecule has 2 rings (SSSR count). The fraction of sp³-hybridized carbons (Fsp3) is 0.214. The average molecular weight is 306 g/mol. The lowest BCUT2D eigenvalue weighted by Gasteiger charge is -2.07. The highest BCUT2D eigenvalue weighted by Gasteiger charge is 2.16. The Balaban J connectivity index is 1.90. The summed E-state index contributed by atoms with van der Waals surface area (Å²) in [6.07, 6.45) is 1.49. The second-order valence-electron chi connectivity index (χ2n) is 4.53. The van der Waals surface area contributed by atoms with Gasteiger partial charge < -0.3 is 4.74 Å². The Hall–Kier alpha value is -2.90. The van der Waals surface area contributed by atoms with E-state index in [1.807, 2.05) is 0 Å². The maximum atomic E-state index is 12.8. The Morgan fingerprint density at radius 1 is 1.27 bits per heavy atom. The van der Waals surface area contributed by atoms with Crippen LogP contribution in [0.2, 0.25) is 0 Å². The molecule has 0 spiro atoms. The zero-order valence-electron chi connectivity index (χ0n) is 12.1. The van der Waals surface area contributed by atoms with Crippen molar-refractivity contribution in [2.24, 2.45) is 7.05 Å². The Bertz CT molecular complexity index is 682. The number of methoxy groups -OCH3 is 1. The molecule has 2 N–H and O–H groups in total. The summed E-state index contributed by atoms with van der Waals surface area (Å²) in [7, 11) is 3.04. The number of benzene rings is 1. The van der Waals surface area contributed by atoms with Crippen LogP contribution in [0, 0.1) is 5.82 Å². The lowest BCUT2D eigenvalue weighted by atomic mass is 10.1. The molecule has 2 amide bonds. The molecule has 0 unspecified atom stereocenters. The third kappa shape index (κ3) is 3.81. The Labute approximate surface area is 126 Å². The number of hydrazine groups is 1. The highest BCUT2D eigenvalue weighted by molar-refractivity contribution is 5.97. The molecule has 0 saturated heterocycles. The van der Waals surface area contributed by atoms with Gasteiger partial charge in [0.1, 0.15) is 11.4 Å². The van der Waals surface area contributed by atoms with E-state index in [4.69, 9.17) is 4.74 Å². The number of ether oxygens (including phenoxy) is 1. The fourth-order valence-corrected chi connectivity index (χ4v) is 1.80. The molecule has 0 radical (unpaired) electrons. The number of hydrogen-bond acceptors (Lipinski definition) is 4. The van der Waals surface area contributed by atoms with Crippen LogP contribution in [0.15, 0.2) is 30.5 Å². The predicted molar refractivity (Wildman–Crippen MR) is 75.5 cm³/mol. The quantitative estimate of drug-likeness (QED) is 0.809. The highest BCUT2D eigenvalue weighted by atomic mass is 19.1. The van der Waals surface area contributed by atoms with Crippen molar-refractivity contribution in [1.29, 1.82) is 0 Å². The molecule has 0 saturated carbocycles. The van der Waals surface area contributed by atoms with Crippen molar-refractivity contribution in [3.8, 4) is 5.88 Å². The molecule has 0 atom stereocenters. The van der Waals surface area contributed by atoms with Gasteiger partial charge >= 0.3 is 0 Å². The highest BCUT2D eigenvalue weighted by Crippen LogP contribution is 2.13. The summed E-state index contributed by atoms with van der Waals surface area (Å²) in [6, 6.07) is 5.53. The molecule has 116 valence electrons. The molecule has 7 nitrogen and oxygen atoms in total. The molecule has 0 bridgehead atoms. The zero-order valence-corrected chi connectivity index (χ0v) is 12.1. The van der Waals surface area contributed by atoms with Gasteiger partial charge in [0.15, 0.2) is 0 Å². The third-order valence-electron chi connectivity index (χ3n) is 2.83. The number of aromatic nitrogens is 2. The SMILES string of the molecule is COc1nn(C)cc1C(=O)NNC(=O)Cc1ccc(F)cc1. The summed E-state index contributed by atoms with van der Waals surface area (Å²) >= 11 is 0. The fourth-order valence-electron chi connectivity index (χ4n) is 1.80. The van der Waals surface area contributed by atoms with E-state index in [0.717, 1.165) is 0 Å². The van der Waals surface area contributed by atoms with E-state index >= 15 is 0 Å². The second kappa shape index (κ2) is 6.70. The van der Waals surface area contributed by atoms with Crippen LogP contribution in [-0.4, -0.2) is 28.7 Å². The Kier molecular flexibility index (Phi) is 4.72. The van der Waals surface area contributed by atoms with Crippen LogP contribution in [0.5, 0.6) is 5.88 Å². The number of amides is 2. The van der Waals surface area contributed by atoms with Crippen LogP contribution < -0.4 is 15.6 Å². The number of nitrogens with zero attached hydrogens (tertiary/aromatic N) is 2. The second-order valence-corrected chi connectivity index (χ2v) is 4.53. The average Bonchev–Trinajstić information content (AvgIpc) is 2.88. The molecule has 2 aromatic rings. The van der Waals surface area contributed by atoms with Gasteiger partial charge in [-0.15, -0.1) is 5.10 Å². The molecule has 0 aliphatic rings. The van der Waals surface area contributed by atoms with Gasteiger partial charge in [-0.3, -0.25) is 25.1 Å². The summed E-state index contributed by atoms with van der Waals surface area (Å²) in [5, 5.41) is 3.94. The molecule has 0 aliphatic carbocycles. The molecule has 0 fully saturated rings. The summed E-state index contributed by atoms with van der Waals surface area (Å²) in [4.78, 5) is 23.7. The van der Waals surface area contributed by atoms with E-state index < -0.39 is 11.8 Å². The molecule has 8 heteroatoms. The van der Waals surface area contributed by atoms with Gasteiger partial charge in [-0.1, -0.05) is 12.1 Å². The van der Waals surface area contributed by atoms with Crippen molar-refractivity contribution in [3.63, 3.8) is 0 Å². The van der Waals surface area contributed by atoms with Crippen molar-refractivity contribution in [1.82, 2.24) is 20.6 Å². The smallest absolute Gasteiger partial charge is 0.276 e. The minimum atomic E-state index is -0.544. The molecule has 1 aromatic heterocycles. The monoisotopic (exact) mass is 306 g/mol. The summed E-state index contributed by atoms with van der Waals surface area (Å²) in [5.74, 6) is -1.19. The van der Waals surface area contributed by atoms with Crippen LogP contribution >= 0.6 is 0 Å². The molecule has 1 aromatic carbocycles. The summed E-state index contributed by atoms with van der Waals surface area (Å²) in [6.45, 7) is 0. The van der Waals surface area contributed by atoms with Crippen LogP contribution in [-0.2, 0) is 18.3 Å². The van der Waals surface area contributed by atoms with Gasteiger partial charge in [-0.2, -0.15) is 0 Å². The first-order chi connectivity index (χ1) is 10.5. The lowest BCUT2D eigenvalue weighted by molar-refractivity contribution is -0.121. The first-order valence-electron chi connectivity index (χ1n) is 6.41. The maximum absolute atomic E-state index is 12.8. The van der Waals surface area contributed by atoms with Gasteiger partial charge in [-0.05, 0) is 17.7 Å². The third-order valence-corrected chi connectivity index (χ3v) is 2.83. The van der Waals surface area contributed by atoms with E-state index in [9.17, 15) is 14.0 Å². The van der Waals surface area contributed by atoms with Crippen LogP contribution in [0.3, 0.4) is 0 Å². The molecular weight excluding hydrogens is 291 g/mol. The Morgan fingerprint density at radius 2 is 1.95 bits per heavy atom. The van der Waals surface area contributed by atoms with Crippen LogP contribution in [0.1, 0.15) is 15.9 Å². The van der Waals surface area contributed by atoms with Gasteiger partial charge in [-0.25, -0.2) is 4.39 Å². The van der Waals surface area contributed by atoms with E-state index in [1.54, 1.807) is 7.05 Å². The first-order valence-corrected chi connectivity index (χ1v) is 6.41. The molecular formula is C14H15FN4O3. The summed E-state index contributed by atoms with van der Waals surface area (Å²) in [5.41, 5.74) is 5.38. The van der Waals surface area contributed by atoms with E-state index in [1.165, 1.54) is 42.3 Å². The van der Waals surface area contributed by atoms with Gasteiger partial charge in [0, 0.05) is 13.2 Å². The largest absolute Gasteiger partial charge is 0.479 e. The standard InChI is InChI=1S/C14H15FN4O3/c1-19-8-11(14(18-19)22-2)13(21)17-16-12(20)7-9-3-5-10(15)6-4-9/h3-6,8H,7H2,1-2H3,(H,16,20)(H,17,21). The minimum Gasteiger partial charge on any atom is -0.479 e.